The number of carbonyl (C=O) groups excluding carboxylic acids is 2. The van der Waals surface area contributed by atoms with Gasteiger partial charge in [-0.1, -0.05) is 48.5 Å². The molecule has 2 N–H and O–H groups in total. The zero-order chi connectivity index (χ0) is 24.1. The molecule has 6 nitrogen and oxygen atoms in total. The summed E-state index contributed by atoms with van der Waals surface area (Å²) in [6.07, 6.45) is 6.70. The van der Waals surface area contributed by atoms with E-state index in [0.29, 0.717) is 18.8 Å². The summed E-state index contributed by atoms with van der Waals surface area (Å²) in [6, 6.07) is 17.9. The molecule has 1 aliphatic carbocycles. The van der Waals surface area contributed by atoms with Gasteiger partial charge in [0.1, 0.15) is 6.04 Å². The Morgan fingerprint density at radius 1 is 1.09 bits per heavy atom. The molecule has 1 aliphatic rings. The fourth-order valence-corrected chi connectivity index (χ4v) is 5.47. The van der Waals surface area contributed by atoms with E-state index < -0.39 is 12.0 Å². The van der Waals surface area contributed by atoms with Crippen LogP contribution in [0, 0.1) is 5.92 Å². The van der Waals surface area contributed by atoms with Crippen molar-refractivity contribution in [2.75, 3.05) is 21.2 Å². The predicted octanol–water partition coefficient (Wildman–Crippen LogP) is 4.41. The van der Waals surface area contributed by atoms with E-state index in [1.807, 2.05) is 30.5 Å². The summed E-state index contributed by atoms with van der Waals surface area (Å²) in [6.45, 7) is 0. The number of para-hydroxylation sites is 1. The Labute approximate surface area is 201 Å². The van der Waals surface area contributed by atoms with E-state index in [9.17, 15) is 9.59 Å². The van der Waals surface area contributed by atoms with Gasteiger partial charge in [-0.15, -0.1) is 0 Å². The Kier molecular flexibility index (Phi) is 7.37. The van der Waals surface area contributed by atoms with Crippen molar-refractivity contribution >= 4 is 22.8 Å². The van der Waals surface area contributed by atoms with Gasteiger partial charge in [0.2, 0.25) is 5.91 Å². The Hall–Kier alpha value is -3.12. The number of methoxy groups -OCH3 is 1. The van der Waals surface area contributed by atoms with Crippen LogP contribution in [0.4, 0.5) is 0 Å². The van der Waals surface area contributed by atoms with Gasteiger partial charge >= 0.3 is 5.97 Å². The minimum atomic E-state index is -0.703. The highest BCUT2D eigenvalue weighted by molar-refractivity contribution is 5.87. The minimum absolute atomic E-state index is 0.0120. The first-order chi connectivity index (χ1) is 16.4. The van der Waals surface area contributed by atoms with Crippen molar-refractivity contribution in [1.29, 1.82) is 0 Å². The Balaban J connectivity index is 1.38. The van der Waals surface area contributed by atoms with E-state index in [-0.39, 0.29) is 11.4 Å². The van der Waals surface area contributed by atoms with Gasteiger partial charge < -0.3 is 15.0 Å². The van der Waals surface area contributed by atoms with E-state index in [4.69, 9.17) is 4.74 Å². The zero-order valence-corrected chi connectivity index (χ0v) is 20.3. The van der Waals surface area contributed by atoms with Gasteiger partial charge in [0, 0.05) is 35.5 Å². The van der Waals surface area contributed by atoms with E-state index >= 15 is 0 Å². The van der Waals surface area contributed by atoms with E-state index in [1.165, 1.54) is 12.7 Å². The van der Waals surface area contributed by atoms with Crippen LogP contribution in [0.5, 0.6) is 0 Å². The van der Waals surface area contributed by atoms with Crippen molar-refractivity contribution < 1.29 is 14.3 Å². The summed E-state index contributed by atoms with van der Waals surface area (Å²) < 4.78 is 5.00. The quantitative estimate of drug-likeness (QED) is 0.488. The number of aromatic nitrogens is 1. The molecule has 0 aliphatic heterocycles. The molecule has 1 heterocycles. The van der Waals surface area contributed by atoms with Crippen LogP contribution in [-0.4, -0.2) is 49.0 Å². The van der Waals surface area contributed by atoms with Gasteiger partial charge in [-0.2, -0.15) is 0 Å². The number of nitrogens with zero attached hydrogens (tertiary/aromatic N) is 1. The van der Waals surface area contributed by atoms with Crippen molar-refractivity contribution in [3.8, 4) is 0 Å². The number of ether oxygens (including phenoxy) is 1. The van der Waals surface area contributed by atoms with Crippen LogP contribution in [0.3, 0.4) is 0 Å². The van der Waals surface area contributed by atoms with Crippen molar-refractivity contribution in [2.45, 2.75) is 50.1 Å². The van der Waals surface area contributed by atoms with Crippen molar-refractivity contribution in [3.05, 3.63) is 71.9 Å². The third kappa shape index (κ3) is 5.02. The molecule has 0 spiro atoms. The molecule has 2 aromatic carbocycles. The third-order valence-corrected chi connectivity index (χ3v) is 7.49. The summed E-state index contributed by atoms with van der Waals surface area (Å²) in [7, 11) is 5.65. The molecule has 1 fully saturated rings. The standard InChI is InChI=1S/C28H35N3O3/c1-31(2)28(22-9-5-4-6-10-22)15-13-20(14-16-28)17-26(32)30-25(27(33)34-3)18-21-19-29-24-12-8-7-11-23(21)24/h4-12,19-20,25,29H,13-18H2,1-3H3,(H,30,32). The van der Waals surface area contributed by atoms with Crippen LogP contribution in [0.2, 0.25) is 0 Å². The fourth-order valence-electron chi connectivity index (χ4n) is 5.47. The summed E-state index contributed by atoms with van der Waals surface area (Å²) >= 11 is 0. The van der Waals surface area contributed by atoms with Crippen LogP contribution < -0.4 is 5.32 Å². The average Bonchev–Trinajstić information content (AvgIpc) is 3.27. The second kappa shape index (κ2) is 10.4. The number of hydrogen-bond acceptors (Lipinski definition) is 4. The number of carbonyl (C=O) groups is 2. The normalized spacial score (nSPS) is 21.4. The van der Waals surface area contributed by atoms with Gasteiger partial charge in [0.15, 0.2) is 0 Å². The Morgan fingerprint density at radius 2 is 1.76 bits per heavy atom. The zero-order valence-electron chi connectivity index (χ0n) is 20.3. The maximum atomic E-state index is 13.0. The average molecular weight is 462 g/mol. The van der Waals surface area contributed by atoms with E-state index in [2.05, 4.69) is 59.6 Å². The van der Waals surface area contributed by atoms with Crippen molar-refractivity contribution in [1.82, 2.24) is 15.2 Å². The molecular weight excluding hydrogens is 426 g/mol. The molecule has 180 valence electrons. The molecule has 1 saturated carbocycles. The van der Waals surface area contributed by atoms with Crippen LogP contribution in [-0.2, 0) is 26.3 Å². The highest BCUT2D eigenvalue weighted by atomic mass is 16.5. The SMILES string of the molecule is COC(=O)C(Cc1c[nH]c2ccccc12)NC(=O)CC1CCC(c2ccccc2)(N(C)C)CC1. The van der Waals surface area contributed by atoms with Gasteiger partial charge in [-0.05, 0) is 62.9 Å². The summed E-state index contributed by atoms with van der Waals surface area (Å²) in [5, 5.41) is 4.01. The van der Waals surface area contributed by atoms with Gasteiger partial charge in [0.05, 0.1) is 7.11 Å². The molecule has 0 bridgehead atoms. The van der Waals surface area contributed by atoms with Crippen LogP contribution in [0.15, 0.2) is 60.8 Å². The minimum Gasteiger partial charge on any atom is -0.467 e. The monoisotopic (exact) mass is 461 g/mol. The molecule has 1 unspecified atom stereocenters. The van der Waals surface area contributed by atoms with E-state index in [1.54, 1.807) is 0 Å². The highest BCUT2D eigenvalue weighted by Gasteiger charge is 2.39. The smallest absolute Gasteiger partial charge is 0.328 e. The second-order valence-corrected chi connectivity index (χ2v) is 9.65. The third-order valence-electron chi connectivity index (χ3n) is 7.49. The lowest BCUT2D eigenvalue weighted by molar-refractivity contribution is -0.145. The number of fused-ring (bicyclic) bond motifs is 1. The summed E-state index contributed by atoms with van der Waals surface area (Å²) in [5.74, 6) is -0.196. The number of esters is 1. The number of H-pyrrole nitrogens is 1. The largest absolute Gasteiger partial charge is 0.467 e. The fraction of sp³-hybridized carbons (Fsp3) is 0.429. The van der Waals surface area contributed by atoms with Crippen LogP contribution in [0.1, 0.15) is 43.2 Å². The molecule has 0 radical (unpaired) electrons. The summed E-state index contributed by atoms with van der Waals surface area (Å²) in [5.41, 5.74) is 3.35. The molecule has 1 atom stereocenters. The number of benzene rings is 2. The van der Waals surface area contributed by atoms with Crippen molar-refractivity contribution in [3.63, 3.8) is 0 Å². The van der Waals surface area contributed by atoms with Crippen molar-refractivity contribution in [2.24, 2.45) is 5.92 Å². The Bertz CT molecular complexity index is 1110. The molecular formula is C28H35N3O3. The van der Waals surface area contributed by atoms with Crippen LogP contribution in [0.25, 0.3) is 10.9 Å². The number of aromatic amines is 1. The molecule has 4 rings (SSSR count). The number of rotatable bonds is 8. The topological polar surface area (TPSA) is 74.4 Å². The van der Waals surface area contributed by atoms with Crippen LogP contribution >= 0.6 is 0 Å². The highest BCUT2D eigenvalue weighted by Crippen LogP contribution is 2.43. The molecule has 3 aromatic rings. The number of hydrogen-bond donors (Lipinski definition) is 2. The predicted molar refractivity (Wildman–Crippen MR) is 134 cm³/mol. The lowest BCUT2D eigenvalue weighted by Crippen LogP contribution is -2.46. The van der Waals surface area contributed by atoms with Gasteiger partial charge in [0.25, 0.3) is 0 Å². The molecule has 6 heteroatoms. The first-order valence-corrected chi connectivity index (χ1v) is 12.1. The molecule has 1 aromatic heterocycles. The lowest BCUT2D eigenvalue weighted by Gasteiger charge is -2.45. The molecule has 34 heavy (non-hydrogen) atoms. The van der Waals surface area contributed by atoms with Gasteiger partial charge in [-0.3, -0.25) is 9.69 Å². The first kappa shape index (κ1) is 24.0. The number of amides is 1. The maximum Gasteiger partial charge on any atom is 0.328 e. The number of nitrogens with one attached hydrogen (secondary N) is 2. The molecule has 0 saturated heterocycles. The summed E-state index contributed by atoms with van der Waals surface area (Å²) in [4.78, 5) is 31.0. The van der Waals surface area contributed by atoms with Gasteiger partial charge in [-0.25, -0.2) is 4.79 Å². The second-order valence-electron chi connectivity index (χ2n) is 9.65. The first-order valence-electron chi connectivity index (χ1n) is 12.1. The van der Waals surface area contributed by atoms with E-state index in [0.717, 1.165) is 42.1 Å². The lowest BCUT2D eigenvalue weighted by atomic mass is 9.71. The molecule has 1 amide bonds. The maximum absolute atomic E-state index is 13.0. The Morgan fingerprint density at radius 3 is 2.44 bits per heavy atom.